The maximum absolute atomic E-state index is 13.3. The number of hydrogen-bond acceptors (Lipinski definition) is 6. The summed E-state index contributed by atoms with van der Waals surface area (Å²) in [5, 5.41) is 4.06. The molecule has 0 saturated carbocycles. The van der Waals surface area contributed by atoms with Crippen LogP contribution in [0.3, 0.4) is 0 Å². The number of nitrogens with zero attached hydrogens (tertiary/aromatic N) is 4. The zero-order valence-corrected chi connectivity index (χ0v) is 19.9. The van der Waals surface area contributed by atoms with Crippen molar-refractivity contribution in [3.63, 3.8) is 0 Å². The van der Waals surface area contributed by atoms with Crippen LogP contribution < -0.4 is 0 Å². The molecule has 176 valence electrons. The molecule has 2 aliphatic rings. The number of ether oxygens (including phenoxy) is 2. The zero-order valence-electron chi connectivity index (χ0n) is 19.9. The largest absolute Gasteiger partial charge is 0.385 e. The molecule has 0 bridgehead atoms. The number of carbonyl (C=O) groups excluding carboxylic acids is 1. The molecule has 2 aromatic heterocycles. The van der Waals surface area contributed by atoms with Crippen LogP contribution in [0.2, 0.25) is 0 Å². The molecule has 1 amide bonds. The smallest absolute Gasteiger partial charge is 0.255 e. The fourth-order valence-corrected chi connectivity index (χ4v) is 5.35. The lowest BCUT2D eigenvalue weighted by Gasteiger charge is -2.46. The second kappa shape index (κ2) is 9.75. The van der Waals surface area contributed by atoms with E-state index in [4.69, 9.17) is 14.0 Å². The van der Waals surface area contributed by atoms with Crippen LogP contribution in [0, 0.1) is 26.7 Å². The Hall–Kier alpha value is -2.19. The van der Waals surface area contributed by atoms with Crippen molar-refractivity contribution in [1.29, 1.82) is 0 Å². The summed E-state index contributed by atoms with van der Waals surface area (Å²) in [5.74, 6) is 2.04. The highest BCUT2D eigenvalue weighted by molar-refractivity contribution is 5.95. The molecule has 2 saturated heterocycles. The summed E-state index contributed by atoms with van der Waals surface area (Å²) in [5.41, 5.74) is 2.87. The van der Waals surface area contributed by atoms with Crippen LogP contribution in [0.25, 0.3) is 0 Å². The molecule has 32 heavy (non-hydrogen) atoms. The average molecular weight is 445 g/mol. The molecular weight excluding hydrogens is 408 g/mol. The molecule has 0 aliphatic carbocycles. The maximum Gasteiger partial charge on any atom is 0.255 e. The predicted molar refractivity (Wildman–Crippen MR) is 120 cm³/mol. The van der Waals surface area contributed by atoms with Crippen molar-refractivity contribution in [2.24, 2.45) is 5.92 Å². The Balaban J connectivity index is 1.36. The van der Waals surface area contributed by atoms with Gasteiger partial charge in [0.1, 0.15) is 0 Å². The highest BCUT2D eigenvalue weighted by Gasteiger charge is 2.41. The van der Waals surface area contributed by atoms with E-state index in [1.54, 1.807) is 7.11 Å². The number of carbonyl (C=O) groups is 1. The van der Waals surface area contributed by atoms with Gasteiger partial charge in [0.15, 0.2) is 5.82 Å². The van der Waals surface area contributed by atoms with E-state index in [-0.39, 0.29) is 11.5 Å². The van der Waals surface area contributed by atoms with Gasteiger partial charge in [0, 0.05) is 64.7 Å². The highest BCUT2D eigenvalue weighted by atomic mass is 16.5. The Morgan fingerprint density at radius 2 is 2.06 bits per heavy atom. The van der Waals surface area contributed by atoms with Crippen LogP contribution in [0.15, 0.2) is 10.6 Å². The first kappa shape index (κ1) is 23.0. The van der Waals surface area contributed by atoms with Crippen LogP contribution in [-0.4, -0.2) is 64.5 Å². The Bertz CT molecular complexity index is 927. The normalized spacial score (nSPS) is 20.8. The number of methoxy groups -OCH3 is 1. The highest BCUT2D eigenvalue weighted by Crippen LogP contribution is 2.39. The van der Waals surface area contributed by atoms with Gasteiger partial charge >= 0.3 is 0 Å². The molecule has 0 aromatic carbocycles. The van der Waals surface area contributed by atoms with Crippen LogP contribution in [0.5, 0.6) is 0 Å². The zero-order chi connectivity index (χ0) is 22.7. The van der Waals surface area contributed by atoms with Crippen molar-refractivity contribution in [3.8, 4) is 0 Å². The number of aryl methyl sites for hydroxylation is 2. The number of piperidine rings is 1. The quantitative estimate of drug-likeness (QED) is 0.608. The van der Waals surface area contributed by atoms with Crippen molar-refractivity contribution < 1.29 is 18.8 Å². The first-order valence-electron chi connectivity index (χ1n) is 11.8. The van der Waals surface area contributed by atoms with Gasteiger partial charge in [0.2, 0.25) is 5.89 Å². The molecule has 2 fully saturated rings. The van der Waals surface area contributed by atoms with Crippen LogP contribution >= 0.6 is 0 Å². The third-order valence-corrected chi connectivity index (χ3v) is 7.13. The van der Waals surface area contributed by atoms with Crippen LogP contribution in [-0.2, 0) is 22.4 Å². The summed E-state index contributed by atoms with van der Waals surface area (Å²) in [6.45, 7) is 9.78. The van der Waals surface area contributed by atoms with E-state index in [9.17, 15) is 4.79 Å². The molecule has 8 nitrogen and oxygen atoms in total. The summed E-state index contributed by atoms with van der Waals surface area (Å²) in [6.07, 6.45) is 5.55. The summed E-state index contributed by atoms with van der Waals surface area (Å²) in [6, 6.07) is 2.04. The van der Waals surface area contributed by atoms with Gasteiger partial charge in [-0.3, -0.25) is 4.79 Å². The molecule has 1 spiro atoms. The van der Waals surface area contributed by atoms with Gasteiger partial charge in [0.05, 0.1) is 11.2 Å². The minimum Gasteiger partial charge on any atom is -0.385 e. The lowest BCUT2D eigenvalue weighted by Crippen LogP contribution is -2.51. The van der Waals surface area contributed by atoms with Gasteiger partial charge in [-0.2, -0.15) is 4.98 Å². The molecule has 1 atom stereocenters. The van der Waals surface area contributed by atoms with Gasteiger partial charge < -0.3 is 23.5 Å². The van der Waals surface area contributed by atoms with E-state index in [1.165, 1.54) is 0 Å². The molecular formula is C24H36N4O4. The van der Waals surface area contributed by atoms with E-state index >= 15 is 0 Å². The van der Waals surface area contributed by atoms with E-state index in [2.05, 4.69) is 21.6 Å². The SMILES string of the molecule is COCCCn1c(C)cc(C(=O)N2CCC3(CC2)CC(Cc2noc(C)n2)CCO3)c1C. The van der Waals surface area contributed by atoms with E-state index < -0.39 is 0 Å². The van der Waals surface area contributed by atoms with Crippen molar-refractivity contribution in [1.82, 2.24) is 19.6 Å². The van der Waals surface area contributed by atoms with E-state index in [0.29, 0.717) is 11.8 Å². The molecule has 0 radical (unpaired) electrons. The number of aromatic nitrogens is 3. The lowest BCUT2D eigenvalue weighted by molar-refractivity contribution is -0.123. The first-order valence-corrected chi connectivity index (χ1v) is 11.8. The maximum atomic E-state index is 13.3. The lowest BCUT2D eigenvalue weighted by atomic mass is 9.78. The number of rotatable bonds is 7. The van der Waals surface area contributed by atoms with Crippen molar-refractivity contribution >= 4 is 5.91 Å². The fraction of sp³-hybridized carbons (Fsp3) is 0.708. The Morgan fingerprint density at radius 3 is 2.75 bits per heavy atom. The second-order valence-corrected chi connectivity index (χ2v) is 9.40. The molecule has 1 unspecified atom stereocenters. The molecule has 4 rings (SSSR count). The number of likely N-dealkylation sites (tertiary alicyclic amines) is 1. The molecule has 2 aromatic rings. The second-order valence-electron chi connectivity index (χ2n) is 9.40. The Labute approximate surface area is 190 Å². The van der Waals surface area contributed by atoms with E-state index in [1.807, 2.05) is 24.8 Å². The van der Waals surface area contributed by atoms with Gasteiger partial charge in [-0.15, -0.1) is 0 Å². The van der Waals surface area contributed by atoms with Gasteiger partial charge in [-0.05, 0) is 57.9 Å². The fourth-order valence-electron chi connectivity index (χ4n) is 5.35. The molecule has 4 heterocycles. The molecule has 8 heteroatoms. The number of amides is 1. The average Bonchev–Trinajstić information content (AvgIpc) is 3.31. The van der Waals surface area contributed by atoms with Crippen molar-refractivity contribution in [2.45, 2.75) is 71.4 Å². The van der Waals surface area contributed by atoms with Gasteiger partial charge in [0.25, 0.3) is 5.91 Å². The monoisotopic (exact) mass is 444 g/mol. The standard InChI is InChI=1S/C24H36N4O4/c1-17-14-21(18(2)28(17)9-5-12-30-4)23(29)27-10-7-24(8-11-27)16-20(6-13-31-24)15-22-25-19(3)32-26-22/h14,20H,5-13,15-16H2,1-4H3. The van der Waals surface area contributed by atoms with Crippen molar-refractivity contribution in [3.05, 3.63) is 34.7 Å². The molecule has 2 aliphatic heterocycles. The van der Waals surface area contributed by atoms with Crippen LogP contribution in [0.1, 0.15) is 65.6 Å². The first-order chi connectivity index (χ1) is 15.4. The Kier molecular flexibility index (Phi) is 7.00. The number of hydrogen-bond donors (Lipinski definition) is 0. The van der Waals surface area contributed by atoms with E-state index in [0.717, 1.165) is 94.1 Å². The van der Waals surface area contributed by atoms with Crippen LogP contribution in [0.4, 0.5) is 0 Å². The summed E-state index contributed by atoms with van der Waals surface area (Å²) in [7, 11) is 1.72. The predicted octanol–water partition coefficient (Wildman–Crippen LogP) is 3.48. The summed E-state index contributed by atoms with van der Waals surface area (Å²) in [4.78, 5) is 19.7. The third-order valence-electron chi connectivity index (χ3n) is 7.13. The minimum absolute atomic E-state index is 0.129. The summed E-state index contributed by atoms with van der Waals surface area (Å²) < 4.78 is 18.8. The van der Waals surface area contributed by atoms with Crippen molar-refractivity contribution in [2.75, 3.05) is 33.4 Å². The minimum atomic E-state index is -0.129. The third kappa shape index (κ3) is 4.91. The Morgan fingerprint density at radius 1 is 1.28 bits per heavy atom. The topological polar surface area (TPSA) is 82.6 Å². The molecule has 0 N–H and O–H groups in total. The summed E-state index contributed by atoms with van der Waals surface area (Å²) >= 11 is 0. The van der Waals surface area contributed by atoms with Gasteiger partial charge in [-0.1, -0.05) is 5.16 Å². The van der Waals surface area contributed by atoms with Gasteiger partial charge in [-0.25, -0.2) is 0 Å².